The topological polar surface area (TPSA) is 41.4 Å². The van der Waals surface area contributed by atoms with Gasteiger partial charge in [-0.05, 0) is 51.1 Å². The van der Waals surface area contributed by atoms with Crippen LogP contribution in [0.1, 0.15) is 51.9 Å². The molecule has 0 radical (unpaired) electrons. The fraction of sp³-hybridized carbons (Fsp3) is 0.619. The lowest BCUT2D eigenvalue weighted by atomic mass is 10.1. The highest BCUT2D eigenvalue weighted by molar-refractivity contribution is 9.10. The molecule has 0 N–H and O–H groups in total. The van der Waals surface area contributed by atoms with Crippen molar-refractivity contribution in [2.24, 2.45) is 0 Å². The van der Waals surface area contributed by atoms with E-state index in [9.17, 15) is 4.79 Å². The summed E-state index contributed by atoms with van der Waals surface area (Å²) in [5, 5.41) is 0.693. The maximum absolute atomic E-state index is 13.2. The molecule has 3 rings (SSSR count). The molecular weight excluding hydrogens is 404 g/mol. The number of rotatable bonds is 6. The van der Waals surface area contributed by atoms with Crippen LogP contribution >= 0.6 is 15.9 Å². The smallest absolute Gasteiger partial charge is 0.261 e. The van der Waals surface area contributed by atoms with Gasteiger partial charge in [0, 0.05) is 30.7 Å². The maximum Gasteiger partial charge on any atom is 0.261 e. The largest absolute Gasteiger partial charge is 0.302 e. The molecule has 27 heavy (non-hydrogen) atoms. The SMILES string of the molecule is CCC[C@@H](c1nc2ccc(Br)cc2c(=O)n1CC)N1CCCN(CC)CC1. The molecule has 5 nitrogen and oxygen atoms in total. The highest BCUT2D eigenvalue weighted by Crippen LogP contribution is 2.27. The summed E-state index contributed by atoms with van der Waals surface area (Å²) in [5.41, 5.74) is 0.874. The molecule has 0 amide bonds. The van der Waals surface area contributed by atoms with Crippen molar-refractivity contribution in [3.05, 3.63) is 38.9 Å². The van der Waals surface area contributed by atoms with E-state index < -0.39 is 0 Å². The van der Waals surface area contributed by atoms with Gasteiger partial charge in [-0.2, -0.15) is 0 Å². The summed E-state index contributed by atoms with van der Waals surface area (Å²) in [6.07, 6.45) is 3.28. The van der Waals surface area contributed by atoms with Crippen LogP contribution in [0, 0.1) is 0 Å². The van der Waals surface area contributed by atoms with Gasteiger partial charge < -0.3 is 4.90 Å². The Kier molecular flexibility index (Phi) is 7.06. The fourth-order valence-corrected chi connectivity index (χ4v) is 4.50. The molecule has 0 bridgehead atoms. The van der Waals surface area contributed by atoms with E-state index in [1.807, 2.05) is 29.7 Å². The number of likely N-dealkylation sites (N-methyl/N-ethyl adjacent to an activating group) is 1. The van der Waals surface area contributed by atoms with Gasteiger partial charge in [0.25, 0.3) is 5.56 Å². The minimum atomic E-state index is 0.0740. The molecule has 1 atom stereocenters. The van der Waals surface area contributed by atoms with Crippen LogP contribution in [0.5, 0.6) is 0 Å². The minimum absolute atomic E-state index is 0.0740. The van der Waals surface area contributed by atoms with Crippen LogP contribution < -0.4 is 5.56 Å². The third-order valence-corrected chi connectivity index (χ3v) is 6.13. The second kappa shape index (κ2) is 9.30. The summed E-state index contributed by atoms with van der Waals surface area (Å²) in [7, 11) is 0. The van der Waals surface area contributed by atoms with Crippen molar-refractivity contribution in [2.45, 2.75) is 52.6 Å². The molecule has 1 saturated heterocycles. The Morgan fingerprint density at radius 2 is 1.93 bits per heavy atom. The van der Waals surface area contributed by atoms with E-state index in [1.54, 1.807) is 0 Å². The Labute approximate surface area is 170 Å². The number of aromatic nitrogens is 2. The number of benzene rings is 1. The lowest BCUT2D eigenvalue weighted by Gasteiger charge is -2.31. The molecule has 0 saturated carbocycles. The third-order valence-electron chi connectivity index (χ3n) is 5.63. The first-order valence-corrected chi connectivity index (χ1v) is 11.0. The van der Waals surface area contributed by atoms with Crippen LogP contribution in [0.15, 0.2) is 27.5 Å². The van der Waals surface area contributed by atoms with Gasteiger partial charge in [-0.3, -0.25) is 14.3 Å². The van der Waals surface area contributed by atoms with Gasteiger partial charge in [-0.25, -0.2) is 4.98 Å². The Balaban J connectivity index is 2.05. The molecule has 1 aromatic carbocycles. The van der Waals surface area contributed by atoms with Crippen molar-refractivity contribution >= 4 is 26.8 Å². The second-order valence-corrected chi connectivity index (χ2v) is 8.22. The molecule has 6 heteroatoms. The van der Waals surface area contributed by atoms with Crippen molar-refractivity contribution in [2.75, 3.05) is 32.7 Å². The molecule has 1 fully saturated rings. The molecule has 2 heterocycles. The predicted octanol–water partition coefficient (Wildman–Crippen LogP) is 4.05. The van der Waals surface area contributed by atoms with E-state index in [0.29, 0.717) is 11.9 Å². The van der Waals surface area contributed by atoms with Crippen molar-refractivity contribution in [1.82, 2.24) is 19.4 Å². The first-order valence-electron chi connectivity index (χ1n) is 10.2. The molecule has 0 spiro atoms. The van der Waals surface area contributed by atoms with Crippen LogP contribution in [0.2, 0.25) is 0 Å². The highest BCUT2D eigenvalue weighted by Gasteiger charge is 2.26. The van der Waals surface area contributed by atoms with Crippen molar-refractivity contribution in [1.29, 1.82) is 0 Å². The monoisotopic (exact) mass is 434 g/mol. The zero-order valence-electron chi connectivity index (χ0n) is 16.7. The van der Waals surface area contributed by atoms with E-state index in [-0.39, 0.29) is 11.6 Å². The van der Waals surface area contributed by atoms with E-state index >= 15 is 0 Å². The van der Waals surface area contributed by atoms with E-state index in [2.05, 4.69) is 39.6 Å². The van der Waals surface area contributed by atoms with Crippen molar-refractivity contribution < 1.29 is 0 Å². The maximum atomic E-state index is 13.2. The summed E-state index contributed by atoms with van der Waals surface area (Å²) in [5.74, 6) is 0.934. The Morgan fingerprint density at radius 1 is 1.11 bits per heavy atom. The van der Waals surface area contributed by atoms with Gasteiger partial charge >= 0.3 is 0 Å². The number of hydrogen-bond acceptors (Lipinski definition) is 4. The highest BCUT2D eigenvalue weighted by atomic mass is 79.9. The van der Waals surface area contributed by atoms with E-state index in [1.165, 1.54) is 6.42 Å². The molecule has 1 aliphatic heterocycles. The number of halogens is 1. The van der Waals surface area contributed by atoms with Gasteiger partial charge in [0.1, 0.15) is 5.82 Å². The van der Waals surface area contributed by atoms with E-state index in [0.717, 1.165) is 61.4 Å². The normalized spacial score (nSPS) is 17.9. The summed E-state index contributed by atoms with van der Waals surface area (Å²) in [6.45, 7) is 12.6. The minimum Gasteiger partial charge on any atom is -0.302 e. The first kappa shape index (κ1) is 20.5. The van der Waals surface area contributed by atoms with Crippen LogP contribution in [0.3, 0.4) is 0 Å². The lowest BCUT2D eigenvalue weighted by Crippen LogP contribution is -2.37. The summed E-state index contributed by atoms with van der Waals surface area (Å²) < 4.78 is 2.80. The van der Waals surface area contributed by atoms with Crippen molar-refractivity contribution in [3.8, 4) is 0 Å². The Bertz CT molecular complexity index is 835. The number of fused-ring (bicyclic) bond motifs is 1. The van der Waals surface area contributed by atoms with Gasteiger partial charge in [-0.15, -0.1) is 0 Å². The van der Waals surface area contributed by atoms with Crippen LogP contribution in [-0.2, 0) is 6.54 Å². The van der Waals surface area contributed by atoms with Gasteiger partial charge in [0.05, 0.1) is 16.9 Å². The fourth-order valence-electron chi connectivity index (χ4n) is 4.14. The number of hydrogen-bond donors (Lipinski definition) is 0. The molecule has 1 aromatic heterocycles. The third kappa shape index (κ3) is 4.44. The molecule has 148 valence electrons. The molecule has 1 aliphatic rings. The summed E-state index contributed by atoms with van der Waals surface area (Å²) in [4.78, 5) is 23.2. The van der Waals surface area contributed by atoms with Gasteiger partial charge in [0.15, 0.2) is 0 Å². The number of nitrogens with zero attached hydrogens (tertiary/aromatic N) is 4. The first-order chi connectivity index (χ1) is 13.1. The summed E-state index contributed by atoms with van der Waals surface area (Å²) in [6, 6.07) is 6.01. The molecule has 2 aromatic rings. The molecule has 0 unspecified atom stereocenters. The molecule has 0 aliphatic carbocycles. The second-order valence-electron chi connectivity index (χ2n) is 7.31. The van der Waals surface area contributed by atoms with E-state index in [4.69, 9.17) is 4.98 Å². The van der Waals surface area contributed by atoms with Crippen molar-refractivity contribution in [3.63, 3.8) is 0 Å². The zero-order valence-corrected chi connectivity index (χ0v) is 18.3. The van der Waals surface area contributed by atoms with Gasteiger partial charge in [-0.1, -0.05) is 36.2 Å². The van der Waals surface area contributed by atoms with Crippen LogP contribution in [-0.4, -0.2) is 52.1 Å². The standard InChI is InChI=1S/C21H31BrN4O/c1-4-8-19(25-12-7-11-24(5-2)13-14-25)20-23-18-10-9-16(22)15-17(18)21(27)26(20)6-3/h9-10,15,19H,4-8,11-14H2,1-3H3/t19-/m0/s1. The quantitative estimate of drug-likeness (QED) is 0.687. The average molecular weight is 435 g/mol. The predicted molar refractivity (Wildman–Crippen MR) is 115 cm³/mol. The summed E-state index contributed by atoms with van der Waals surface area (Å²) >= 11 is 3.48. The van der Waals surface area contributed by atoms with Gasteiger partial charge in [0.2, 0.25) is 0 Å². The molecular formula is C21H31BrN4O. The lowest BCUT2D eigenvalue weighted by molar-refractivity contribution is 0.177. The Morgan fingerprint density at radius 3 is 2.63 bits per heavy atom. The Hall–Kier alpha value is -1.24. The average Bonchev–Trinajstić information content (AvgIpc) is 2.92. The van der Waals surface area contributed by atoms with Crippen LogP contribution in [0.25, 0.3) is 10.9 Å². The van der Waals surface area contributed by atoms with Crippen LogP contribution in [0.4, 0.5) is 0 Å². The zero-order chi connectivity index (χ0) is 19.4.